The SMILES string of the molecule is CSc1ncccc1C(=O)N1CCN(Cc2ncn[nH]2)CC1. The fraction of sp³-hybridized carbons (Fsp3) is 0.429. The minimum Gasteiger partial charge on any atom is -0.336 e. The number of thioether (sulfide) groups is 1. The van der Waals surface area contributed by atoms with E-state index in [1.807, 2.05) is 23.3 Å². The molecule has 8 heteroatoms. The van der Waals surface area contributed by atoms with Crippen molar-refractivity contribution in [2.24, 2.45) is 0 Å². The van der Waals surface area contributed by atoms with E-state index in [2.05, 4.69) is 25.1 Å². The molecule has 3 heterocycles. The number of hydrogen-bond acceptors (Lipinski definition) is 6. The number of aromatic amines is 1. The molecule has 2 aromatic rings. The van der Waals surface area contributed by atoms with Crippen LogP contribution in [-0.4, -0.2) is 68.3 Å². The minimum atomic E-state index is 0.0664. The fourth-order valence-electron chi connectivity index (χ4n) is 2.51. The average Bonchev–Trinajstić information content (AvgIpc) is 3.08. The highest BCUT2D eigenvalue weighted by molar-refractivity contribution is 7.98. The molecule has 0 aromatic carbocycles. The van der Waals surface area contributed by atoms with Crippen molar-refractivity contribution in [1.29, 1.82) is 0 Å². The van der Waals surface area contributed by atoms with Gasteiger partial charge < -0.3 is 4.90 Å². The van der Waals surface area contributed by atoms with Gasteiger partial charge >= 0.3 is 0 Å². The number of nitrogens with zero attached hydrogens (tertiary/aromatic N) is 5. The van der Waals surface area contributed by atoms with Crippen LogP contribution in [0.3, 0.4) is 0 Å². The lowest BCUT2D eigenvalue weighted by Gasteiger charge is -2.34. The van der Waals surface area contributed by atoms with Gasteiger partial charge in [-0.05, 0) is 18.4 Å². The molecule has 0 radical (unpaired) electrons. The van der Waals surface area contributed by atoms with Crippen LogP contribution in [0.2, 0.25) is 0 Å². The molecule has 0 saturated carbocycles. The highest BCUT2D eigenvalue weighted by atomic mass is 32.2. The summed E-state index contributed by atoms with van der Waals surface area (Å²) in [6.45, 7) is 3.85. The smallest absolute Gasteiger partial charge is 0.256 e. The maximum Gasteiger partial charge on any atom is 0.256 e. The van der Waals surface area contributed by atoms with Crippen LogP contribution in [0.5, 0.6) is 0 Å². The summed E-state index contributed by atoms with van der Waals surface area (Å²) in [7, 11) is 0. The lowest BCUT2D eigenvalue weighted by Crippen LogP contribution is -2.48. The number of rotatable bonds is 4. The number of amides is 1. The maximum atomic E-state index is 12.6. The van der Waals surface area contributed by atoms with Crippen molar-refractivity contribution >= 4 is 17.7 Å². The predicted molar refractivity (Wildman–Crippen MR) is 83.6 cm³/mol. The van der Waals surface area contributed by atoms with Gasteiger partial charge in [0.15, 0.2) is 0 Å². The van der Waals surface area contributed by atoms with Crippen molar-refractivity contribution < 1.29 is 4.79 Å². The molecule has 1 saturated heterocycles. The van der Waals surface area contributed by atoms with Gasteiger partial charge in [-0.2, -0.15) is 5.10 Å². The van der Waals surface area contributed by atoms with Gasteiger partial charge in [-0.25, -0.2) is 9.97 Å². The molecule has 1 amide bonds. The molecule has 0 unspecified atom stereocenters. The Morgan fingerprint density at radius 3 is 2.82 bits per heavy atom. The first-order chi connectivity index (χ1) is 10.8. The van der Waals surface area contributed by atoms with Gasteiger partial charge in [0.05, 0.1) is 12.1 Å². The van der Waals surface area contributed by atoms with Gasteiger partial charge in [0.25, 0.3) is 5.91 Å². The number of hydrogen-bond donors (Lipinski definition) is 1. The second kappa shape index (κ2) is 6.89. The van der Waals surface area contributed by atoms with Crippen LogP contribution < -0.4 is 0 Å². The summed E-state index contributed by atoms with van der Waals surface area (Å²) < 4.78 is 0. The minimum absolute atomic E-state index is 0.0664. The normalized spacial score (nSPS) is 16.0. The van der Waals surface area contributed by atoms with Crippen LogP contribution in [0.1, 0.15) is 16.2 Å². The van der Waals surface area contributed by atoms with Gasteiger partial charge in [-0.15, -0.1) is 11.8 Å². The summed E-state index contributed by atoms with van der Waals surface area (Å²) in [5.41, 5.74) is 0.693. The number of piperazine rings is 1. The molecular weight excluding hydrogens is 300 g/mol. The Morgan fingerprint density at radius 2 is 2.14 bits per heavy atom. The van der Waals surface area contributed by atoms with Crippen LogP contribution in [0, 0.1) is 0 Å². The van der Waals surface area contributed by atoms with Gasteiger partial charge in [0.1, 0.15) is 17.2 Å². The van der Waals surface area contributed by atoms with Crippen molar-refractivity contribution in [3.8, 4) is 0 Å². The topological polar surface area (TPSA) is 78.0 Å². The van der Waals surface area contributed by atoms with Crippen molar-refractivity contribution in [2.75, 3.05) is 32.4 Å². The van der Waals surface area contributed by atoms with Gasteiger partial charge in [0.2, 0.25) is 0 Å². The zero-order valence-electron chi connectivity index (χ0n) is 12.4. The van der Waals surface area contributed by atoms with Crippen molar-refractivity contribution in [3.05, 3.63) is 36.0 Å². The zero-order valence-corrected chi connectivity index (χ0v) is 13.2. The van der Waals surface area contributed by atoms with Crippen LogP contribution in [0.15, 0.2) is 29.7 Å². The molecule has 1 aliphatic rings. The van der Waals surface area contributed by atoms with E-state index in [9.17, 15) is 4.79 Å². The average molecular weight is 318 g/mol. The Labute approximate surface area is 133 Å². The number of nitrogens with one attached hydrogen (secondary N) is 1. The fourth-order valence-corrected chi connectivity index (χ4v) is 3.06. The third-order valence-electron chi connectivity index (χ3n) is 3.69. The Hall–Kier alpha value is -1.93. The lowest BCUT2D eigenvalue weighted by molar-refractivity contribution is 0.0621. The molecule has 22 heavy (non-hydrogen) atoms. The third kappa shape index (κ3) is 3.28. The number of carbonyl (C=O) groups excluding carboxylic acids is 1. The Bertz CT molecular complexity index is 624. The summed E-state index contributed by atoms with van der Waals surface area (Å²) in [6.07, 6.45) is 5.17. The Kier molecular flexibility index (Phi) is 4.69. The number of aromatic nitrogens is 4. The molecule has 1 N–H and O–H groups in total. The predicted octanol–water partition coefficient (Wildman–Crippen LogP) is 0.880. The summed E-state index contributed by atoms with van der Waals surface area (Å²) in [6, 6.07) is 3.66. The summed E-state index contributed by atoms with van der Waals surface area (Å²) in [5, 5.41) is 7.51. The van der Waals surface area contributed by atoms with E-state index in [-0.39, 0.29) is 5.91 Å². The zero-order chi connectivity index (χ0) is 15.4. The molecule has 116 valence electrons. The molecule has 1 fully saturated rings. The molecule has 0 bridgehead atoms. The quantitative estimate of drug-likeness (QED) is 0.843. The standard InChI is InChI=1S/C14H18N6OS/c1-22-13-11(3-2-4-15-13)14(21)20-7-5-19(6-8-20)9-12-16-10-17-18-12/h2-4,10H,5-9H2,1H3,(H,16,17,18). The molecule has 2 aromatic heterocycles. The molecule has 7 nitrogen and oxygen atoms in total. The van der Waals surface area contributed by atoms with E-state index in [1.165, 1.54) is 18.1 Å². The van der Waals surface area contributed by atoms with E-state index in [0.717, 1.165) is 43.6 Å². The van der Waals surface area contributed by atoms with E-state index < -0.39 is 0 Å². The third-order valence-corrected chi connectivity index (χ3v) is 4.40. The highest BCUT2D eigenvalue weighted by Gasteiger charge is 2.24. The van der Waals surface area contributed by atoms with E-state index in [4.69, 9.17) is 0 Å². The first-order valence-electron chi connectivity index (χ1n) is 7.13. The van der Waals surface area contributed by atoms with Crippen LogP contribution in [-0.2, 0) is 6.54 Å². The largest absolute Gasteiger partial charge is 0.336 e. The van der Waals surface area contributed by atoms with E-state index in [0.29, 0.717) is 5.56 Å². The summed E-state index contributed by atoms with van der Waals surface area (Å²) in [5.74, 6) is 0.925. The molecule has 0 spiro atoms. The van der Waals surface area contributed by atoms with E-state index in [1.54, 1.807) is 6.20 Å². The first-order valence-corrected chi connectivity index (χ1v) is 8.35. The van der Waals surface area contributed by atoms with Gasteiger partial charge in [0, 0.05) is 32.4 Å². The second-order valence-electron chi connectivity index (χ2n) is 5.06. The monoisotopic (exact) mass is 318 g/mol. The van der Waals surface area contributed by atoms with E-state index >= 15 is 0 Å². The number of H-pyrrole nitrogens is 1. The number of carbonyl (C=O) groups is 1. The molecule has 1 aliphatic heterocycles. The Morgan fingerprint density at radius 1 is 1.32 bits per heavy atom. The summed E-state index contributed by atoms with van der Waals surface area (Å²) in [4.78, 5) is 25.2. The van der Waals surface area contributed by atoms with Gasteiger partial charge in [-0.3, -0.25) is 14.8 Å². The van der Waals surface area contributed by atoms with Crippen LogP contribution in [0.25, 0.3) is 0 Å². The lowest BCUT2D eigenvalue weighted by atomic mass is 10.2. The van der Waals surface area contributed by atoms with Crippen LogP contribution in [0.4, 0.5) is 0 Å². The van der Waals surface area contributed by atoms with Crippen molar-refractivity contribution in [1.82, 2.24) is 30.0 Å². The van der Waals surface area contributed by atoms with Crippen molar-refractivity contribution in [3.63, 3.8) is 0 Å². The first kappa shape index (κ1) is 15.0. The molecular formula is C14H18N6OS. The Balaban J connectivity index is 1.60. The summed E-state index contributed by atoms with van der Waals surface area (Å²) >= 11 is 1.50. The molecule has 0 atom stereocenters. The second-order valence-corrected chi connectivity index (χ2v) is 5.86. The van der Waals surface area contributed by atoms with Crippen molar-refractivity contribution in [2.45, 2.75) is 11.6 Å². The maximum absolute atomic E-state index is 12.6. The molecule has 0 aliphatic carbocycles. The van der Waals surface area contributed by atoms with Crippen LogP contribution >= 0.6 is 11.8 Å². The highest BCUT2D eigenvalue weighted by Crippen LogP contribution is 2.19. The molecule has 3 rings (SSSR count). The van der Waals surface area contributed by atoms with Gasteiger partial charge in [-0.1, -0.05) is 0 Å². The number of pyridine rings is 1.